The summed E-state index contributed by atoms with van der Waals surface area (Å²) in [6.45, 7) is 7.36. The summed E-state index contributed by atoms with van der Waals surface area (Å²) in [5.41, 5.74) is -0.366. The molecule has 1 heterocycles. The molecule has 1 fully saturated rings. The number of likely N-dealkylation sites (tertiary alicyclic amines) is 1. The van der Waals surface area contributed by atoms with Gasteiger partial charge >= 0.3 is 0 Å². The molecule has 0 radical (unpaired) electrons. The summed E-state index contributed by atoms with van der Waals surface area (Å²) < 4.78 is 0. The van der Waals surface area contributed by atoms with Crippen molar-refractivity contribution in [2.24, 2.45) is 0 Å². The van der Waals surface area contributed by atoms with E-state index in [1.165, 1.54) is 6.42 Å². The van der Waals surface area contributed by atoms with E-state index in [1.54, 1.807) is 0 Å². The Bertz CT molecular complexity index is 127. The first-order valence-electron chi connectivity index (χ1n) is 4.65. The lowest BCUT2D eigenvalue weighted by Gasteiger charge is -2.21. The molecule has 0 spiro atoms. The highest BCUT2D eigenvalue weighted by Gasteiger charge is 2.33. The number of hydrogen-bond acceptors (Lipinski definition) is 2. The lowest BCUT2D eigenvalue weighted by molar-refractivity contribution is 0.0455. The average Bonchev–Trinajstić information content (AvgIpc) is 2.35. The molecular weight excluding hydrogens is 138 g/mol. The van der Waals surface area contributed by atoms with Gasteiger partial charge in [-0.2, -0.15) is 0 Å². The number of aliphatic hydroxyl groups is 1. The van der Waals surface area contributed by atoms with Gasteiger partial charge in [0, 0.05) is 13.1 Å². The van der Waals surface area contributed by atoms with Gasteiger partial charge in [0.25, 0.3) is 0 Å². The summed E-state index contributed by atoms with van der Waals surface area (Å²) in [6.07, 6.45) is 3.05. The fraction of sp³-hybridized carbons (Fsp3) is 1.00. The van der Waals surface area contributed by atoms with E-state index in [1.807, 2.05) is 0 Å². The zero-order chi connectivity index (χ0) is 8.32. The van der Waals surface area contributed by atoms with Crippen LogP contribution in [-0.4, -0.2) is 35.2 Å². The van der Waals surface area contributed by atoms with E-state index in [4.69, 9.17) is 0 Å². The predicted octanol–water partition coefficient (Wildman–Crippen LogP) is 1.24. The van der Waals surface area contributed by atoms with Crippen LogP contribution in [0.3, 0.4) is 0 Å². The van der Waals surface area contributed by atoms with Gasteiger partial charge in [-0.05, 0) is 25.8 Å². The van der Waals surface area contributed by atoms with Gasteiger partial charge < -0.3 is 10.0 Å². The first-order valence-corrected chi connectivity index (χ1v) is 4.65. The minimum absolute atomic E-state index is 0.366. The van der Waals surface area contributed by atoms with Crippen molar-refractivity contribution in [3.05, 3.63) is 0 Å². The van der Waals surface area contributed by atoms with Crippen LogP contribution in [0.25, 0.3) is 0 Å². The molecular formula is C9H19NO. The molecule has 1 rings (SSSR count). The molecule has 0 aromatic rings. The summed E-state index contributed by atoms with van der Waals surface area (Å²) in [5, 5.41) is 9.86. The maximum Gasteiger partial charge on any atom is 0.0783 e. The maximum absolute atomic E-state index is 9.86. The van der Waals surface area contributed by atoms with Gasteiger partial charge in [-0.25, -0.2) is 0 Å². The molecule has 2 heteroatoms. The monoisotopic (exact) mass is 157 g/mol. The van der Waals surface area contributed by atoms with Gasteiger partial charge in [-0.15, -0.1) is 0 Å². The third kappa shape index (κ3) is 2.17. The van der Waals surface area contributed by atoms with E-state index >= 15 is 0 Å². The van der Waals surface area contributed by atoms with Gasteiger partial charge in [0.15, 0.2) is 0 Å². The Kier molecular flexibility index (Phi) is 2.90. The van der Waals surface area contributed by atoms with Crippen molar-refractivity contribution in [2.45, 2.75) is 38.7 Å². The Balaban J connectivity index is 2.33. The SMILES string of the molecule is CCCN1CCC(O)(CC)C1. The molecule has 1 aliphatic heterocycles. The second-order valence-electron chi connectivity index (χ2n) is 3.60. The molecule has 1 N–H and O–H groups in total. The van der Waals surface area contributed by atoms with E-state index in [0.29, 0.717) is 0 Å². The normalized spacial score (nSPS) is 33.0. The average molecular weight is 157 g/mol. The standard InChI is InChI=1S/C9H19NO/c1-3-6-10-7-5-9(11,4-2)8-10/h11H,3-8H2,1-2H3. The van der Waals surface area contributed by atoms with Crippen molar-refractivity contribution >= 4 is 0 Å². The van der Waals surface area contributed by atoms with Crippen molar-refractivity contribution in [3.8, 4) is 0 Å². The summed E-state index contributed by atoms with van der Waals surface area (Å²) >= 11 is 0. The van der Waals surface area contributed by atoms with E-state index in [-0.39, 0.29) is 5.60 Å². The predicted molar refractivity (Wildman–Crippen MR) is 46.6 cm³/mol. The van der Waals surface area contributed by atoms with E-state index in [0.717, 1.165) is 32.5 Å². The van der Waals surface area contributed by atoms with Crippen LogP contribution < -0.4 is 0 Å². The molecule has 0 aliphatic carbocycles. The van der Waals surface area contributed by atoms with Gasteiger partial charge in [0.2, 0.25) is 0 Å². The molecule has 0 bridgehead atoms. The first-order chi connectivity index (χ1) is 5.20. The fourth-order valence-corrected chi connectivity index (χ4v) is 1.74. The maximum atomic E-state index is 9.86. The van der Waals surface area contributed by atoms with Crippen LogP contribution in [0, 0.1) is 0 Å². The number of nitrogens with zero attached hydrogens (tertiary/aromatic N) is 1. The lowest BCUT2D eigenvalue weighted by atomic mass is 10.0. The summed E-state index contributed by atoms with van der Waals surface area (Å²) in [7, 11) is 0. The highest BCUT2D eigenvalue weighted by atomic mass is 16.3. The molecule has 1 saturated heterocycles. The number of hydrogen-bond donors (Lipinski definition) is 1. The molecule has 2 nitrogen and oxygen atoms in total. The highest BCUT2D eigenvalue weighted by molar-refractivity contribution is 4.88. The van der Waals surface area contributed by atoms with Gasteiger partial charge in [-0.1, -0.05) is 13.8 Å². The van der Waals surface area contributed by atoms with Crippen LogP contribution in [0.5, 0.6) is 0 Å². The zero-order valence-electron chi connectivity index (χ0n) is 7.64. The van der Waals surface area contributed by atoms with E-state index in [2.05, 4.69) is 18.7 Å². The van der Waals surface area contributed by atoms with Crippen LogP contribution >= 0.6 is 0 Å². The minimum Gasteiger partial charge on any atom is -0.389 e. The van der Waals surface area contributed by atoms with Gasteiger partial charge in [0.05, 0.1) is 5.60 Å². The van der Waals surface area contributed by atoms with Crippen molar-refractivity contribution < 1.29 is 5.11 Å². The second kappa shape index (κ2) is 3.55. The van der Waals surface area contributed by atoms with Crippen LogP contribution in [0.15, 0.2) is 0 Å². The number of rotatable bonds is 3. The highest BCUT2D eigenvalue weighted by Crippen LogP contribution is 2.23. The van der Waals surface area contributed by atoms with Crippen LogP contribution in [0.4, 0.5) is 0 Å². The molecule has 0 amide bonds. The third-order valence-electron chi connectivity index (χ3n) is 2.61. The van der Waals surface area contributed by atoms with Crippen molar-refractivity contribution in [3.63, 3.8) is 0 Å². The Morgan fingerprint density at radius 1 is 1.45 bits per heavy atom. The second-order valence-corrected chi connectivity index (χ2v) is 3.60. The third-order valence-corrected chi connectivity index (χ3v) is 2.61. The Hall–Kier alpha value is -0.0800. The molecule has 1 atom stereocenters. The Morgan fingerprint density at radius 3 is 2.64 bits per heavy atom. The Labute approximate surface area is 69.2 Å². The lowest BCUT2D eigenvalue weighted by Crippen LogP contribution is -2.32. The summed E-state index contributed by atoms with van der Waals surface area (Å²) in [5.74, 6) is 0. The van der Waals surface area contributed by atoms with Crippen LogP contribution in [0.2, 0.25) is 0 Å². The van der Waals surface area contributed by atoms with Gasteiger partial charge in [-0.3, -0.25) is 0 Å². The fourth-order valence-electron chi connectivity index (χ4n) is 1.74. The quantitative estimate of drug-likeness (QED) is 0.666. The topological polar surface area (TPSA) is 23.5 Å². The largest absolute Gasteiger partial charge is 0.389 e. The zero-order valence-corrected chi connectivity index (χ0v) is 7.64. The molecule has 11 heavy (non-hydrogen) atoms. The van der Waals surface area contributed by atoms with Crippen LogP contribution in [-0.2, 0) is 0 Å². The molecule has 0 aromatic heterocycles. The van der Waals surface area contributed by atoms with Gasteiger partial charge in [0.1, 0.15) is 0 Å². The summed E-state index contributed by atoms with van der Waals surface area (Å²) in [6, 6.07) is 0. The smallest absolute Gasteiger partial charge is 0.0783 e. The van der Waals surface area contributed by atoms with Crippen molar-refractivity contribution in [1.82, 2.24) is 4.90 Å². The molecule has 66 valence electrons. The van der Waals surface area contributed by atoms with Crippen LogP contribution in [0.1, 0.15) is 33.1 Å². The molecule has 0 saturated carbocycles. The Morgan fingerprint density at radius 2 is 2.18 bits per heavy atom. The van der Waals surface area contributed by atoms with E-state index in [9.17, 15) is 5.11 Å². The summed E-state index contributed by atoms with van der Waals surface area (Å²) in [4.78, 5) is 2.35. The molecule has 1 aliphatic rings. The number of β-amino-alcohol motifs (C(OH)–C–C–N with tert-alkyl or cyclic N) is 1. The van der Waals surface area contributed by atoms with E-state index < -0.39 is 0 Å². The minimum atomic E-state index is -0.366. The van der Waals surface area contributed by atoms with Crippen molar-refractivity contribution in [1.29, 1.82) is 0 Å². The van der Waals surface area contributed by atoms with Crippen molar-refractivity contribution in [2.75, 3.05) is 19.6 Å². The molecule has 1 unspecified atom stereocenters. The molecule has 0 aromatic carbocycles. The first kappa shape index (κ1) is 9.01.